The zero-order valence-corrected chi connectivity index (χ0v) is 18.0. The molecule has 1 saturated heterocycles. The number of hydrogen-bond donors (Lipinski definition) is 2. The normalized spacial score (nSPS) is 17.5. The predicted octanol–water partition coefficient (Wildman–Crippen LogP) is 4.22. The molecule has 2 aliphatic rings. The highest BCUT2D eigenvalue weighted by molar-refractivity contribution is 6.01. The van der Waals surface area contributed by atoms with Crippen LogP contribution in [0.1, 0.15) is 30.5 Å². The molecule has 1 amide bonds. The topological polar surface area (TPSA) is 64.3 Å². The minimum Gasteiger partial charge on any atom is -0.367 e. The van der Waals surface area contributed by atoms with Gasteiger partial charge >= 0.3 is 0 Å². The van der Waals surface area contributed by atoms with Crippen LogP contribution in [0.15, 0.2) is 42.5 Å². The minimum absolute atomic E-state index is 0.113. The van der Waals surface area contributed by atoms with E-state index in [9.17, 15) is 4.79 Å². The Bertz CT molecular complexity index is 1090. The van der Waals surface area contributed by atoms with Crippen molar-refractivity contribution in [3.8, 4) is 0 Å². The zero-order chi connectivity index (χ0) is 21.2. The van der Waals surface area contributed by atoms with Crippen LogP contribution in [-0.4, -0.2) is 54.2 Å². The van der Waals surface area contributed by atoms with Crippen molar-refractivity contribution < 1.29 is 4.79 Å². The molecular formula is C25H29N5O. The molecule has 0 bridgehead atoms. The Kier molecular flexibility index (Phi) is 5.47. The summed E-state index contributed by atoms with van der Waals surface area (Å²) in [5, 5.41) is 12.0. The van der Waals surface area contributed by atoms with Crippen molar-refractivity contribution in [2.75, 3.05) is 43.4 Å². The first-order valence-corrected chi connectivity index (χ1v) is 11.1. The first kappa shape index (κ1) is 19.8. The molecule has 2 aromatic carbocycles. The van der Waals surface area contributed by atoms with E-state index in [0.29, 0.717) is 12.3 Å². The van der Waals surface area contributed by atoms with Crippen molar-refractivity contribution in [1.29, 1.82) is 0 Å². The molecular weight excluding hydrogens is 386 g/mol. The van der Waals surface area contributed by atoms with Gasteiger partial charge in [-0.2, -0.15) is 5.10 Å². The first-order valence-electron chi connectivity index (χ1n) is 11.1. The quantitative estimate of drug-likeness (QED) is 0.633. The van der Waals surface area contributed by atoms with Gasteiger partial charge in [0.15, 0.2) is 0 Å². The number of amides is 1. The molecule has 0 spiro atoms. The lowest BCUT2D eigenvalue weighted by Gasteiger charge is -2.35. The van der Waals surface area contributed by atoms with Crippen LogP contribution >= 0.6 is 0 Å². The Balaban J connectivity index is 1.48. The van der Waals surface area contributed by atoms with Crippen LogP contribution in [0.2, 0.25) is 0 Å². The number of carbonyl (C=O) groups excluding carboxylic acids is 1. The number of aromatic amines is 1. The van der Waals surface area contributed by atoms with E-state index in [2.05, 4.69) is 62.7 Å². The highest BCUT2D eigenvalue weighted by atomic mass is 16.1. The average molecular weight is 416 g/mol. The second kappa shape index (κ2) is 8.55. The van der Waals surface area contributed by atoms with E-state index >= 15 is 0 Å². The van der Waals surface area contributed by atoms with Gasteiger partial charge < -0.3 is 15.1 Å². The number of hydrogen-bond acceptors (Lipinski definition) is 4. The summed E-state index contributed by atoms with van der Waals surface area (Å²) in [7, 11) is 2.15. The monoisotopic (exact) mass is 415 g/mol. The maximum atomic E-state index is 12.6. The molecule has 0 unspecified atom stereocenters. The Hall–Kier alpha value is -3.12. The van der Waals surface area contributed by atoms with Crippen molar-refractivity contribution >= 4 is 40.3 Å². The van der Waals surface area contributed by atoms with Gasteiger partial charge in [0.1, 0.15) is 0 Å². The van der Waals surface area contributed by atoms with Crippen LogP contribution in [0, 0.1) is 5.92 Å². The third kappa shape index (κ3) is 4.64. The number of benzene rings is 2. The van der Waals surface area contributed by atoms with Crippen LogP contribution in [-0.2, 0) is 4.79 Å². The number of rotatable bonds is 6. The fourth-order valence-electron chi connectivity index (χ4n) is 4.13. The van der Waals surface area contributed by atoms with Crippen molar-refractivity contribution in [2.24, 2.45) is 5.92 Å². The van der Waals surface area contributed by atoms with Crippen LogP contribution in [0.5, 0.6) is 0 Å². The standard InChI is InChI=1S/C25H29N5O/c1-29-11-13-30(14-12-29)24-17-22-20(16-23(24)26-25(31)15-19-7-8-19)21(27-28-22)10-9-18-5-3-2-4-6-18/h2-6,9-10,16-17,19H,7-8,11-15H2,1H3,(H,26,31)(H,27,28)/b10-9+. The number of anilines is 2. The van der Waals surface area contributed by atoms with Gasteiger partial charge in [0, 0.05) is 38.0 Å². The summed E-state index contributed by atoms with van der Waals surface area (Å²) < 4.78 is 0. The second-order valence-electron chi connectivity index (χ2n) is 8.75. The highest BCUT2D eigenvalue weighted by Gasteiger charge is 2.26. The predicted molar refractivity (Wildman–Crippen MR) is 127 cm³/mol. The number of piperazine rings is 1. The van der Waals surface area contributed by atoms with Crippen LogP contribution in [0.25, 0.3) is 23.1 Å². The van der Waals surface area contributed by atoms with Crippen LogP contribution in [0.4, 0.5) is 11.4 Å². The Morgan fingerprint density at radius 3 is 2.65 bits per heavy atom. The number of carbonyl (C=O) groups is 1. The van der Waals surface area contributed by atoms with E-state index < -0.39 is 0 Å². The molecule has 6 heteroatoms. The second-order valence-corrected chi connectivity index (χ2v) is 8.75. The number of likely N-dealkylation sites (N-methyl/N-ethyl adjacent to an activating group) is 1. The van der Waals surface area contributed by atoms with Gasteiger partial charge in [-0.05, 0) is 49.6 Å². The van der Waals surface area contributed by atoms with E-state index in [1.807, 2.05) is 24.3 Å². The first-order chi connectivity index (χ1) is 15.2. The molecule has 2 N–H and O–H groups in total. The molecule has 0 radical (unpaired) electrons. The summed E-state index contributed by atoms with van der Waals surface area (Å²) in [6.45, 7) is 3.92. The van der Waals surface area contributed by atoms with E-state index in [4.69, 9.17) is 0 Å². The lowest BCUT2D eigenvalue weighted by molar-refractivity contribution is -0.116. The van der Waals surface area contributed by atoms with Gasteiger partial charge in [-0.25, -0.2) is 0 Å². The SMILES string of the molecule is CN1CCN(c2cc3[nH]nc(/C=C/c4ccccc4)c3cc2NC(=O)CC2CC2)CC1. The number of fused-ring (bicyclic) bond motifs is 1. The third-order valence-electron chi connectivity index (χ3n) is 6.23. The van der Waals surface area contributed by atoms with Gasteiger partial charge in [0.25, 0.3) is 0 Å². The van der Waals surface area contributed by atoms with Crippen molar-refractivity contribution in [1.82, 2.24) is 15.1 Å². The molecule has 1 aliphatic carbocycles. The lowest BCUT2D eigenvalue weighted by Crippen LogP contribution is -2.44. The molecule has 5 rings (SSSR count). The smallest absolute Gasteiger partial charge is 0.224 e. The molecule has 3 aromatic rings. The fraction of sp³-hybridized carbons (Fsp3) is 0.360. The number of H-pyrrole nitrogens is 1. The van der Waals surface area contributed by atoms with E-state index in [-0.39, 0.29) is 5.91 Å². The summed E-state index contributed by atoms with van der Waals surface area (Å²) in [6.07, 6.45) is 7.06. The van der Waals surface area contributed by atoms with Crippen molar-refractivity contribution in [3.05, 3.63) is 53.7 Å². The average Bonchev–Trinajstić information content (AvgIpc) is 3.51. The number of aromatic nitrogens is 2. The Labute approximate surface area is 182 Å². The molecule has 1 aliphatic heterocycles. The van der Waals surface area contributed by atoms with Crippen molar-refractivity contribution in [2.45, 2.75) is 19.3 Å². The number of nitrogens with zero attached hydrogens (tertiary/aromatic N) is 3. The Morgan fingerprint density at radius 1 is 1.13 bits per heavy atom. The van der Waals surface area contributed by atoms with Crippen LogP contribution < -0.4 is 10.2 Å². The molecule has 1 aromatic heterocycles. The molecule has 160 valence electrons. The van der Waals surface area contributed by atoms with E-state index in [1.54, 1.807) is 0 Å². The maximum Gasteiger partial charge on any atom is 0.224 e. The van der Waals surface area contributed by atoms with Gasteiger partial charge in [-0.3, -0.25) is 9.89 Å². The minimum atomic E-state index is 0.113. The highest BCUT2D eigenvalue weighted by Crippen LogP contribution is 2.35. The maximum absolute atomic E-state index is 12.6. The summed E-state index contributed by atoms with van der Waals surface area (Å²) in [4.78, 5) is 17.3. The van der Waals surface area contributed by atoms with Gasteiger partial charge in [0.05, 0.1) is 22.6 Å². The lowest BCUT2D eigenvalue weighted by atomic mass is 10.1. The third-order valence-corrected chi connectivity index (χ3v) is 6.23. The largest absolute Gasteiger partial charge is 0.367 e. The van der Waals surface area contributed by atoms with Gasteiger partial charge in [-0.1, -0.05) is 36.4 Å². The van der Waals surface area contributed by atoms with Gasteiger partial charge in [-0.15, -0.1) is 0 Å². The number of nitrogens with one attached hydrogen (secondary N) is 2. The fourth-order valence-corrected chi connectivity index (χ4v) is 4.13. The summed E-state index contributed by atoms with van der Waals surface area (Å²) in [5.74, 6) is 0.677. The molecule has 1 saturated carbocycles. The summed E-state index contributed by atoms with van der Waals surface area (Å²) >= 11 is 0. The van der Waals surface area contributed by atoms with Gasteiger partial charge in [0.2, 0.25) is 5.91 Å². The summed E-state index contributed by atoms with van der Waals surface area (Å²) in [5.41, 5.74) is 4.96. The van der Waals surface area contributed by atoms with Crippen molar-refractivity contribution in [3.63, 3.8) is 0 Å². The van der Waals surface area contributed by atoms with E-state index in [1.165, 1.54) is 12.8 Å². The molecule has 2 fully saturated rings. The molecule has 6 nitrogen and oxygen atoms in total. The molecule has 0 atom stereocenters. The van der Waals surface area contributed by atoms with Crippen LogP contribution in [0.3, 0.4) is 0 Å². The Morgan fingerprint density at radius 2 is 1.90 bits per heavy atom. The summed E-state index contributed by atoms with van der Waals surface area (Å²) in [6, 6.07) is 14.4. The molecule has 31 heavy (non-hydrogen) atoms. The van der Waals surface area contributed by atoms with E-state index in [0.717, 1.165) is 59.7 Å². The zero-order valence-electron chi connectivity index (χ0n) is 18.0. The molecule has 2 heterocycles.